The van der Waals surface area contributed by atoms with Gasteiger partial charge in [-0.25, -0.2) is 13.4 Å². The van der Waals surface area contributed by atoms with E-state index in [1.165, 1.54) is 11.8 Å². The van der Waals surface area contributed by atoms with E-state index in [9.17, 15) is 13.2 Å². The molecule has 2 aliphatic rings. The number of nitrogens with one attached hydrogen (secondary N) is 1. The van der Waals surface area contributed by atoms with Gasteiger partial charge in [0, 0.05) is 22.1 Å². The molecule has 1 N–H and O–H groups in total. The fraction of sp³-hybridized carbons (Fsp3) is 0.526. The Morgan fingerprint density at radius 2 is 1.90 bits per heavy atom. The van der Waals surface area contributed by atoms with Gasteiger partial charge in [-0.05, 0) is 31.4 Å². The highest BCUT2D eigenvalue weighted by Crippen LogP contribution is 2.30. The van der Waals surface area contributed by atoms with Crippen molar-refractivity contribution in [3.63, 3.8) is 0 Å². The van der Waals surface area contributed by atoms with Crippen LogP contribution in [0.4, 0.5) is 0 Å². The molecule has 1 saturated carbocycles. The Morgan fingerprint density at radius 1 is 1.17 bits per heavy atom. The number of rotatable bonds is 6. The topological polar surface area (TPSA) is 96.0 Å². The lowest BCUT2D eigenvalue weighted by atomic mass is 10.1. The quantitative estimate of drug-likeness (QED) is 0.613. The first-order chi connectivity index (χ1) is 13.9. The van der Waals surface area contributed by atoms with Crippen LogP contribution in [0.1, 0.15) is 32.1 Å². The molecule has 1 saturated heterocycles. The summed E-state index contributed by atoms with van der Waals surface area (Å²) in [5, 5.41) is 7.64. The Morgan fingerprint density at radius 3 is 2.55 bits per heavy atom. The number of carbonyl (C=O) groups excluding carboxylic acids is 1. The molecular weight excluding hydrogens is 476 g/mol. The molecule has 10 heteroatoms. The number of amides is 1. The lowest BCUT2D eigenvalue weighted by Gasteiger charge is -2.34. The summed E-state index contributed by atoms with van der Waals surface area (Å²) in [6, 6.07) is 7.71. The minimum Gasteiger partial charge on any atom is -0.335 e. The largest absolute Gasteiger partial charge is 0.335 e. The van der Waals surface area contributed by atoms with E-state index >= 15 is 0 Å². The van der Waals surface area contributed by atoms with Gasteiger partial charge in [0.2, 0.25) is 11.1 Å². The SMILES string of the molecule is O=C(CSc1n[nH]c(-c2ccc(Br)cc2)n1)N(C1CCCC1)[C@@H]1CCS(=O)(=O)C1. The molecule has 29 heavy (non-hydrogen) atoms. The molecule has 156 valence electrons. The summed E-state index contributed by atoms with van der Waals surface area (Å²) < 4.78 is 24.9. The van der Waals surface area contributed by atoms with Crippen molar-refractivity contribution in [2.45, 2.75) is 49.3 Å². The second-order valence-corrected chi connectivity index (χ2v) is 11.6. The van der Waals surface area contributed by atoms with Gasteiger partial charge in [-0.15, -0.1) is 5.10 Å². The summed E-state index contributed by atoms with van der Waals surface area (Å²) in [7, 11) is -3.03. The van der Waals surface area contributed by atoms with Gasteiger partial charge in [-0.3, -0.25) is 9.89 Å². The monoisotopic (exact) mass is 498 g/mol. The molecule has 0 unspecified atom stereocenters. The van der Waals surface area contributed by atoms with Crippen LogP contribution >= 0.6 is 27.7 Å². The van der Waals surface area contributed by atoms with E-state index in [-0.39, 0.29) is 35.2 Å². The number of carbonyl (C=O) groups is 1. The van der Waals surface area contributed by atoms with Crippen molar-refractivity contribution < 1.29 is 13.2 Å². The number of hydrogen-bond acceptors (Lipinski definition) is 6. The lowest BCUT2D eigenvalue weighted by molar-refractivity contribution is -0.132. The Balaban J connectivity index is 1.42. The predicted molar refractivity (Wildman–Crippen MR) is 116 cm³/mol. The van der Waals surface area contributed by atoms with Crippen molar-refractivity contribution in [1.29, 1.82) is 0 Å². The normalized spacial score (nSPS) is 21.5. The molecule has 1 amide bonds. The van der Waals surface area contributed by atoms with E-state index in [1.807, 2.05) is 29.2 Å². The molecule has 1 aromatic heterocycles. The van der Waals surface area contributed by atoms with Crippen molar-refractivity contribution in [3.8, 4) is 11.4 Å². The molecule has 1 atom stereocenters. The molecule has 1 aliphatic heterocycles. The standard InChI is InChI=1S/C19H23BrN4O3S2/c20-14-7-5-13(6-8-14)18-21-19(23-22-18)28-11-17(25)24(15-3-1-2-4-15)16-9-10-29(26,27)12-16/h5-8,15-16H,1-4,9-12H2,(H,21,22,23)/t16-/m1/s1. The van der Waals surface area contributed by atoms with Gasteiger partial charge in [0.15, 0.2) is 15.7 Å². The van der Waals surface area contributed by atoms with Crippen LogP contribution in [-0.2, 0) is 14.6 Å². The third-order valence-corrected chi connectivity index (χ3v) is 8.63. The van der Waals surface area contributed by atoms with Crippen LogP contribution < -0.4 is 0 Å². The first kappa shape index (κ1) is 20.9. The van der Waals surface area contributed by atoms with E-state index in [1.54, 1.807) is 0 Å². The number of H-pyrrole nitrogens is 1. The van der Waals surface area contributed by atoms with Crippen molar-refractivity contribution in [2.24, 2.45) is 0 Å². The average Bonchev–Trinajstić information content (AvgIpc) is 3.43. The van der Waals surface area contributed by atoms with Crippen LogP contribution in [-0.4, -0.2) is 63.7 Å². The van der Waals surface area contributed by atoms with E-state index in [0.717, 1.165) is 35.7 Å². The van der Waals surface area contributed by atoms with E-state index < -0.39 is 9.84 Å². The molecule has 0 bridgehead atoms. The predicted octanol–water partition coefficient (Wildman–Crippen LogP) is 3.28. The van der Waals surface area contributed by atoms with Crippen molar-refractivity contribution in [1.82, 2.24) is 20.1 Å². The number of sulfone groups is 1. The van der Waals surface area contributed by atoms with Gasteiger partial charge in [-0.1, -0.05) is 52.7 Å². The Hall–Kier alpha value is -1.39. The van der Waals surface area contributed by atoms with Gasteiger partial charge < -0.3 is 4.90 Å². The second-order valence-electron chi connectivity index (χ2n) is 7.56. The number of aromatic amines is 1. The molecule has 0 spiro atoms. The minimum atomic E-state index is -3.03. The summed E-state index contributed by atoms with van der Waals surface area (Å²) in [4.78, 5) is 19.4. The number of thioether (sulfide) groups is 1. The molecule has 2 heterocycles. The summed E-state index contributed by atoms with van der Waals surface area (Å²) in [6.07, 6.45) is 4.66. The molecule has 1 aromatic carbocycles. The summed E-state index contributed by atoms with van der Waals surface area (Å²) >= 11 is 4.70. The summed E-state index contributed by atoms with van der Waals surface area (Å²) in [5.41, 5.74) is 0.919. The van der Waals surface area contributed by atoms with Gasteiger partial charge >= 0.3 is 0 Å². The first-order valence-electron chi connectivity index (χ1n) is 9.74. The highest BCUT2D eigenvalue weighted by atomic mass is 79.9. The van der Waals surface area contributed by atoms with Crippen LogP contribution in [0, 0.1) is 0 Å². The second kappa shape index (κ2) is 8.77. The molecule has 4 rings (SSSR count). The zero-order valence-electron chi connectivity index (χ0n) is 15.9. The number of aromatic nitrogens is 3. The smallest absolute Gasteiger partial charge is 0.233 e. The van der Waals surface area contributed by atoms with Crippen LogP contribution in [0.15, 0.2) is 33.9 Å². The number of nitrogens with zero attached hydrogens (tertiary/aromatic N) is 3. The van der Waals surface area contributed by atoms with E-state index in [4.69, 9.17) is 0 Å². The zero-order valence-corrected chi connectivity index (χ0v) is 19.1. The minimum absolute atomic E-state index is 0.0148. The maximum atomic E-state index is 13.1. The van der Waals surface area contributed by atoms with E-state index in [0.29, 0.717) is 17.4 Å². The number of hydrogen-bond donors (Lipinski definition) is 1. The van der Waals surface area contributed by atoms with Crippen LogP contribution in [0.3, 0.4) is 0 Å². The molecular formula is C19H23BrN4O3S2. The maximum Gasteiger partial charge on any atom is 0.233 e. The third-order valence-electron chi connectivity index (χ3n) is 5.52. The molecule has 2 fully saturated rings. The Bertz CT molecular complexity index is 972. The van der Waals surface area contributed by atoms with Gasteiger partial charge in [0.25, 0.3) is 0 Å². The zero-order chi connectivity index (χ0) is 20.4. The van der Waals surface area contributed by atoms with E-state index in [2.05, 4.69) is 31.1 Å². The van der Waals surface area contributed by atoms with Gasteiger partial charge in [0.1, 0.15) is 0 Å². The fourth-order valence-corrected chi connectivity index (χ4v) is 6.77. The highest BCUT2D eigenvalue weighted by Gasteiger charge is 2.38. The molecule has 0 radical (unpaired) electrons. The molecule has 1 aliphatic carbocycles. The van der Waals surface area contributed by atoms with Crippen LogP contribution in [0.5, 0.6) is 0 Å². The summed E-state index contributed by atoms with van der Waals surface area (Å²) in [5.74, 6) is 1.12. The Labute approximate surface area is 183 Å². The first-order valence-corrected chi connectivity index (χ1v) is 13.3. The molecule has 7 nitrogen and oxygen atoms in total. The average molecular weight is 499 g/mol. The van der Waals surface area contributed by atoms with Crippen LogP contribution in [0.2, 0.25) is 0 Å². The van der Waals surface area contributed by atoms with Gasteiger partial charge in [-0.2, -0.15) is 0 Å². The maximum absolute atomic E-state index is 13.1. The molecule has 2 aromatic rings. The lowest BCUT2D eigenvalue weighted by Crippen LogP contribution is -2.47. The van der Waals surface area contributed by atoms with Gasteiger partial charge in [0.05, 0.1) is 17.3 Å². The van der Waals surface area contributed by atoms with Crippen LogP contribution in [0.25, 0.3) is 11.4 Å². The summed E-state index contributed by atoms with van der Waals surface area (Å²) in [6.45, 7) is 0. The van der Waals surface area contributed by atoms with Crippen molar-refractivity contribution in [3.05, 3.63) is 28.7 Å². The third kappa shape index (κ3) is 5.03. The van der Waals surface area contributed by atoms with Crippen molar-refractivity contribution in [2.75, 3.05) is 17.3 Å². The number of benzene rings is 1. The fourth-order valence-electron chi connectivity index (χ4n) is 4.13. The Kier molecular flexibility index (Phi) is 6.31. The van der Waals surface area contributed by atoms with Crippen molar-refractivity contribution >= 4 is 43.4 Å². The number of halogens is 1. The highest BCUT2D eigenvalue weighted by molar-refractivity contribution is 9.10.